The molecule has 0 bridgehead atoms. The number of nitrogens with one attached hydrogen (secondary N) is 1. The number of aromatic nitrogens is 2. The van der Waals surface area contributed by atoms with E-state index in [0.29, 0.717) is 11.4 Å². The van der Waals surface area contributed by atoms with Crippen molar-refractivity contribution in [3.8, 4) is 11.4 Å². The van der Waals surface area contributed by atoms with Crippen molar-refractivity contribution in [2.45, 2.75) is 20.3 Å². The monoisotopic (exact) mass is 389 g/mol. The van der Waals surface area contributed by atoms with Gasteiger partial charge in [0, 0.05) is 17.7 Å². The quantitative estimate of drug-likeness (QED) is 0.787. The lowest BCUT2D eigenvalue weighted by atomic mass is 10.1. The van der Waals surface area contributed by atoms with Crippen LogP contribution in [0.2, 0.25) is 0 Å². The first-order valence-electron chi connectivity index (χ1n) is 6.19. The van der Waals surface area contributed by atoms with Crippen molar-refractivity contribution >= 4 is 28.4 Å². The number of anilines is 1. The average molecular weight is 389 g/mol. The minimum absolute atomic E-state index is 0.0210. The second-order valence-corrected chi connectivity index (χ2v) is 5.33. The minimum Gasteiger partial charge on any atom is -0.369 e. The van der Waals surface area contributed by atoms with Crippen molar-refractivity contribution in [1.82, 2.24) is 9.97 Å². The van der Waals surface area contributed by atoms with Gasteiger partial charge in [-0.25, -0.2) is 18.7 Å². The molecular formula is C14H14F2IN3. The largest absolute Gasteiger partial charge is 0.369 e. The molecule has 20 heavy (non-hydrogen) atoms. The minimum atomic E-state index is -2.49. The Bertz CT molecular complexity index is 617. The first-order chi connectivity index (χ1) is 9.52. The van der Waals surface area contributed by atoms with Crippen molar-refractivity contribution in [2.24, 2.45) is 0 Å². The molecule has 0 radical (unpaired) electrons. The summed E-state index contributed by atoms with van der Waals surface area (Å²) in [6.45, 7) is 4.60. The third-order valence-corrected chi connectivity index (χ3v) is 4.05. The van der Waals surface area contributed by atoms with Crippen LogP contribution in [0.15, 0.2) is 24.3 Å². The lowest BCUT2D eigenvalue weighted by molar-refractivity contribution is 0.151. The van der Waals surface area contributed by atoms with Crippen molar-refractivity contribution in [3.63, 3.8) is 0 Å². The highest BCUT2D eigenvalue weighted by atomic mass is 127. The van der Waals surface area contributed by atoms with Gasteiger partial charge in [-0.1, -0.05) is 18.2 Å². The van der Waals surface area contributed by atoms with Crippen molar-refractivity contribution < 1.29 is 8.78 Å². The van der Waals surface area contributed by atoms with Gasteiger partial charge in [-0.3, -0.25) is 0 Å². The zero-order valence-corrected chi connectivity index (χ0v) is 13.3. The highest BCUT2D eigenvalue weighted by Gasteiger charge is 2.13. The predicted octanol–water partition coefficient (Wildman–Crippen LogP) is 4.43. The number of alkyl halides is 2. The molecule has 1 heterocycles. The zero-order chi connectivity index (χ0) is 14.7. The van der Waals surface area contributed by atoms with Gasteiger partial charge in [0.15, 0.2) is 5.82 Å². The van der Waals surface area contributed by atoms with Gasteiger partial charge >= 0.3 is 0 Å². The molecule has 3 nitrogen and oxygen atoms in total. The van der Waals surface area contributed by atoms with Crippen molar-refractivity contribution in [2.75, 3.05) is 11.9 Å². The lowest BCUT2D eigenvalue weighted by Gasteiger charge is -2.10. The number of hydrogen-bond donors (Lipinski definition) is 1. The smallest absolute Gasteiger partial charge is 0.263 e. The second kappa shape index (κ2) is 6.43. The molecule has 2 aromatic rings. The fraction of sp³-hybridized carbons (Fsp3) is 0.286. The van der Waals surface area contributed by atoms with Gasteiger partial charge in [-0.2, -0.15) is 0 Å². The Morgan fingerprint density at radius 3 is 2.70 bits per heavy atom. The summed E-state index contributed by atoms with van der Waals surface area (Å²) in [4.78, 5) is 8.80. The predicted molar refractivity (Wildman–Crippen MR) is 84.0 cm³/mol. The van der Waals surface area contributed by atoms with Crippen LogP contribution in [0.25, 0.3) is 11.4 Å². The number of rotatable bonds is 4. The van der Waals surface area contributed by atoms with E-state index in [4.69, 9.17) is 0 Å². The first-order valence-corrected chi connectivity index (χ1v) is 7.27. The molecule has 0 aliphatic heterocycles. The summed E-state index contributed by atoms with van der Waals surface area (Å²) in [5.41, 5.74) is 1.41. The van der Waals surface area contributed by atoms with E-state index in [9.17, 15) is 8.78 Å². The molecule has 2 rings (SSSR count). The molecule has 1 aromatic heterocycles. The molecule has 0 amide bonds. The Kier molecular flexibility index (Phi) is 4.85. The fourth-order valence-electron chi connectivity index (χ4n) is 1.79. The van der Waals surface area contributed by atoms with Gasteiger partial charge < -0.3 is 5.32 Å². The molecule has 0 saturated heterocycles. The van der Waals surface area contributed by atoms with E-state index in [2.05, 4.69) is 37.9 Å². The molecule has 0 fully saturated rings. The van der Waals surface area contributed by atoms with Gasteiger partial charge in [-0.05, 0) is 42.5 Å². The lowest BCUT2D eigenvalue weighted by Crippen LogP contribution is -2.06. The van der Waals surface area contributed by atoms with Crippen LogP contribution in [-0.2, 0) is 0 Å². The Balaban J connectivity index is 2.49. The van der Waals surface area contributed by atoms with Crippen LogP contribution in [0.4, 0.5) is 14.6 Å². The normalized spacial score (nSPS) is 10.9. The van der Waals surface area contributed by atoms with E-state index in [0.717, 1.165) is 21.6 Å². The molecule has 0 aliphatic rings. The molecule has 1 N–H and O–H groups in total. The molecule has 106 valence electrons. The Morgan fingerprint density at radius 2 is 2.05 bits per heavy atom. The summed E-state index contributed by atoms with van der Waals surface area (Å²) in [6, 6.07) is 6.17. The Hall–Kier alpha value is -1.31. The highest BCUT2D eigenvalue weighted by molar-refractivity contribution is 14.1. The van der Waals surface area contributed by atoms with E-state index in [-0.39, 0.29) is 5.56 Å². The maximum absolute atomic E-state index is 12.8. The fourth-order valence-corrected chi connectivity index (χ4v) is 2.22. The van der Waals surface area contributed by atoms with E-state index in [1.807, 2.05) is 13.8 Å². The maximum Gasteiger partial charge on any atom is 0.263 e. The summed E-state index contributed by atoms with van der Waals surface area (Å²) in [7, 11) is 0. The van der Waals surface area contributed by atoms with Crippen LogP contribution in [0.5, 0.6) is 0 Å². The van der Waals surface area contributed by atoms with Gasteiger partial charge in [0.05, 0.1) is 9.26 Å². The zero-order valence-electron chi connectivity index (χ0n) is 11.1. The first kappa shape index (κ1) is 15.1. The average Bonchev–Trinajstić information content (AvgIpc) is 2.44. The molecule has 6 heteroatoms. The third-order valence-electron chi connectivity index (χ3n) is 2.76. The molecule has 0 aliphatic carbocycles. The second-order valence-electron chi connectivity index (χ2n) is 4.25. The van der Waals surface area contributed by atoms with Crippen molar-refractivity contribution in [3.05, 3.63) is 39.1 Å². The molecule has 0 unspecified atom stereocenters. The summed E-state index contributed by atoms with van der Waals surface area (Å²) in [5.74, 6) is 1.19. The Morgan fingerprint density at radius 1 is 1.30 bits per heavy atom. The number of aryl methyl sites for hydroxylation is 1. The van der Waals surface area contributed by atoms with E-state index in [1.54, 1.807) is 12.1 Å². The number of halogens is 3. The van der Waals surface area contributed by atoms with E-state index < -0.39 is 6.43 Å². The van der Waals surface area contributed by atoms with Crippen LogP contribution in [0, 0.1) is 10.5 Å². The van der Waals surface area contributed by atoms with Crippen LogP contribution in [-0.4, -0.2) is 16.5 Å². The van der Waals surface area contributed by atoms with Gasteiger partial charge in [0.1, 0.15) is 5.82 Å². The molecule has 0 saturated carbocycles. The topological polar surface area (TPSA) is 37.8 Å². The van der Waals surface area contributed by atoms with Crippen LogP contribution < -0.4 is 5.32 Å². The summed E-state index contributed by atoms with van der Waals surface area (Å²) < 4.78 is 26.4. The molecular weight excluding hydrogens is 375 g/mol. The summed E-state index contributed by atoms with van der Waals surface area (Å²) in [5, 5.41) is 3.16. The van der Waals surface area contributed by atoms with Gasteiger partial charge in [-0.15, -0.1) is 0 Å². The highest BCUT2D eigenvalue weighted by Crippen LogP contribution is 2.26. The third kappa shape index (κ3) is 3.23. The van der Waals surface area contributed by atoms with Crippen LogP contribution >= 0.6 is 22.6 Å². The van der Waals surface area contributed by atoms with Crippen LogP contribution in [0.1, 0.15) is 24.6 Å². The van der Waals surface area contributed by atoms with E-state index >= 15 is 0 Å². The van der Waals surface area contributed by atoms with Crippen LogP contribution in [0.3, 0.4) is 0 Å². The number of nitrogens with zero attached hydrogens (tertiary/aromatic N) is 2. The standard InChI is InChI=1S/C14H14F2IN3/c1-3-18-14-11(17)8(2)19-13(20-14)10-6-4-5-9(7-10)12(15)16/h4-7,12H,3H2,1-2H3,(H,18,19,20). The molecule has 0 spiro atoms. The van der Waals surface area contributed by atoms with Gasteiger partial charge in [0.25, 0.3) is 6.43 Å². The molecule has 1 aromatic carbocycles. The summed E-state index contributed by atoms with van der Waals surface area (Å²) in [6.07, 6.45) is -2.49. The number of benzene rings is 1. The van der Waals surface area contributed by atoms with E-state index in [1.165, 1.54) is 12.1 Å². The summed E-state index contributed by atoms with van der Waals surface area (Å²) >= 11 is 2.17. The Labute approximate surface area is 130 Å². The maximum atomic E-state index is 12.8. The van der Waals surface area contributed by atoms with Gasteiger partial charge in [0.2, 0.25) is 0 Å². The van der Waals surface area contributed by atoms with Crippen molar-refractivity contribution in [1.29, 1.82) is 0 Å². The molecule has 0 atom stereocenters. The number of hydrogen-bond acceptors (Lipinski definition) is 3. The SMILES string of the molecule is CCNc1nc(-c2cccc(C(F)F)c2)nc(C)c1I.